The van der Waals surface area contributed by atoms with Crippen LogP contribution < -0.4 is 10.6 Å². The SMILES string of the molecule is CCc1ccsc1CNC(=O)N1CC(=O)NCC1C(=O)O. The van der Waals surface area contributed by atoms with Gasteiger partial charge >= 0.3 is 12.0 Å². The molecule has 3 N–H and O–H groups in total. The third kappa shape index (κ3) is 3.52. The van der Waals surface area contributed by atoms with E-state index in [1.807, 2.05) is 18.4 Å². The predicted molar refractivity (Wildman–Crippen MR) is 77.1 cm³/mol. The molecule has 114 valence electrons. The van der Waals surface area contributed by atoms with Gasteiger partial charge in [-0.2, -0.15) is 0 Å². The second-order valence-electron chi connectivity index (χ2n) is 4.67. The summed E-state index contributed by atoms with van der Waals surface area (Å²) in [4.78, 5) is 36.7. The van der Waals surface area contributed by atoms with E-state index >= 15 is 0 Å². The third-order valence-electron chi connectivity index (χ3n) is 3.35. The number of nitrogens with one attached hydrogen (secondary N) is 2. The summed E-state index contributed by atoms with van der Waals surface area (Å²) in [6.45, 7) is 2.06. The van der Waals surface area contributed by atoms with E-state index < -0.39 is 18.0 Å². The zero-order valence-electron chi connectivity index (χ0n) is 11.6. The first-order chi connectivity index (χ1) is 10.0. The zero-order chi connectivity index (χ0) is 15.4. The van der Waals surface area contributed by atoms with E-state index in [0.29, 0.717) is 6.54 Å². The molecule has 1 atom stereocenters. The first-order valence-electron chi connectivity index (χ1n) is 6.62. The summed E-state index contributed by atoms with van der Waals surface area (Å²) in [7, 11) is 0. The zero-order valence-corrected chi connectivity index (χ0v) is 12.4. The lowest BCUT2D eigenvalue weighted by Crippen LogP contribution is -2.61. The van der Waals surface area contributed by atoms with Crippen molar-refractivity contribution in [2.45, 2.75) is 25.9 Å². The van der Waals surface area contributed by atoms with Gasteiger partial charge < -0.3 is 15.7 Å². The van der Waals surface area contributed by atoms with Crippen molar-refractivity contribution >= 4 is 29.2 Å². The molecule has 2 rings (SSSR count). The average molecular weight is 311 g/mol. The lowest BCUT2D eigenvalue weighted by molar-refractivity contribution is -0.144. The van der Waals surface area contributed by atoms with E-state index in [1.165, 1.54) is 0 Å². The van der Waals surface area contributed by atoms with Gasteiger partial charge in [0.2, 0.25) is 5.91 Å². The number of piperazine rings is 1. The van der Waals surface area contributed by atoms with Crippen LogP contribution in [0, 0.1) is 0 Å². The number of rotatable bonds is 4. The first kappa shape index (κ1) is 15.3. The van der Waals surface area contributed by atoms with Crippen LogP contribution in [-0.4, -0.2) is 47.0 Å². The van der Waals surface area contributed by atoms with Gasteiger partial charge in [-0.25, -0.2) is 9.59 Å². The molecule has 2 heterocycles. The summed E-state index contributed by atoms with van der Waals surface area (Å²) >= 11 is 1.54. The molecule has 1 unspecified atom stereocenters. The monoisotopic (exact) mass is 311 g/mol. The molecule has 1 aromatic rings. The highest BCUT2D eigenvalue weighted by molar-refractivity contribution is 7.10. The Balaban J connectivity index is 2.00. The van der Waals surface area contributed by atoms with Crippen molar-refractivity contribution in [1.29, 1.82) is 0 Å². The number of carbonyl (C=O) groups is 3. The van der Waals surface area contributed by atoms with E-state index in [-0.39, 0.29) is 19.0 Å². The smallest absolute Gasteiger partial charge is 0.328 e. The summed E-state index contributed by atoms with van der Waals surface area (Å²) in [5.74, 6) is -1.48. The number of hydrogen-bond acceptors (Lipinski definition) is 4. The summed E-state index contributed by atoms with van der Waals surface area (Å²) < 4.78 is 0. The number of nitrogens with zero attached hydrogens (tertiary/aromatic N) is 1. The van der Waals surface area contributed by atoms with Crippen LogP contribution in [0.25, 0.3) is 0 Å². The Kier molecular flexibility index (Phi) is 4.79. The fourth-order valence-electron chi connectivity index (χ4n) is 2.17. The highest BCUT2D eigenvalue weighted by Gasteiger charge is 2.35. The van der Waals surface area contributed by atoms with Crippen molar-refractivity contribution in [3.05, 3.63) is 21.9 Å². The molecule has 1 aromatic heterocycles. The van der Waals surface area contributed by atoms with Gasteiger partial charge in [0.15, 0.2) is 0 Å². The fourth-order valence-corrected chi connectivity index (χ4v) is 3.09. The summed E-state index contributed by atoms with van der Waals surface area (Å²) in [5, 5.41) is 16.2. The number of amides is 3. The Hall–Kier alpha value is -2.09. The van der Waals surface area contributed by atoms with Crippen molar-refractivity contribution in [3.63, 3.8) is 0 Å². The minimum Gasteiger partial charge on any atom is -0.480 e. The lowest BCUT2D eigenvalue weighted by atomic mass is 10.2. The Morgan fingerprint density at radius 1 is 1.57 bits per heavy atom. The molecule has 21 heavy (non-hydrogen) atoms. The number of carboxylic acids is 1. The Labute approximate surface area is 125 Å². The predicted octanol–water partition coefficient (Wildman–Crippen LogP) is 0.405. The van der Waals surface area contributed by atoms with Crippen molar-refractivity contribution < 1.29 is 19.5 Å². The van der Waals surface area contributed by atoms with Crippen LogP contribution in [0.15, 0.2) is 11.4 Å². The van der Waals surface area contributed by atoms with Crippen molar-refractivity contribution in [2.75, 3.05) is 13.1 Å². The molecule has 7 nitrogen and oxygen atoms in total. The van der Waals surface area contributed by atoms with E-state index in [9.17, 15) is 14.4 Å². The van der Waals surface area contributed by atoms with Crippen LogP contribution in [0.5, 0.6) is 0 Å². The maximum Gasteiger partial charge on any atom is 0.328 e. The summed E-state index contributed by atoms with van der Waals surface area (Å²) in [6, 6.07) is 0.435. The highest BCUT2D eigenvalue weighted by Crippen LogP contribution is 2.17. The van der Waals surface area contributed by atoms with Gasteiger partial charge in [-0.15, -0.1) is 11.3 Å². The third-order valence-corrected chi connectivity index (χ3v) is 4.31. The quantitative estimate of drug-likeness (QED) is 0.750. The number of aryl methyl sites for hydroxylation is 1. The molecule has 1 saturated heterocycles. The van der Waals surface area contributed by atoms with E-state index in [4.69, 9.17) is 5.11 Å². The Morgan fingerprint density at radius 2 is 2.33 bits per heavy atom. The molecule has 1 fully saturated rings. The molecule has 1 aliphatic heterocycles. The van der Waals surface area contributed by atoms with Crippen molar-refractivity contribution in [2.24, 2.45) is 0 Å². The number of carbonyl (C=O) groups excluding carboxylic acids is 2. The van der Waals surface area contributed by atoms with Crippen molar-refractivity contribution in [1.82, 2.24) is 15.5 Å². The van der Waals surface area contributed by atoms with Gasteiger partial charge in [-0.05, 0) is 23.4 Å². The van der Waals surface area contributed by atoms with Gasteiger partial charge in [-0.1, -0.05) is 6.92 Å². The normalized spacial score (nSPS) is 18.2. The average Bonchev–Trinajstić information content (AvgIpc) is 2.91. The van der Waals surface area contributed by atoms with Crippen molar-refractivity contribution in [3.8, 4) is 0 Å². The molecular formula is C13H17N3O4S. The second kappa shape index (κ2) is 6.57. The lowest BCUT2D eigenvalue weighted by Gasteiger charge is -2.32. The van der Waals surface area contributed by atoms with Gasteiger partial charge in [0.1, 0.15) is 12.6 Å². The van der Waals surface area contributed by atoms with Crippen LogP contribution in [0.1, 0.15) is 17.4 Å². The van der Waals surface area contributed by atoms with Gasteiger partial charge in [0, 0.05) is 11.4 Å². The minimum atomic E-state index is -1.13. The largest absolute Gasteiger partial charge is 0.480 e. The topological polar surface area (TPSA) is 98.7 Å². The molecule has 3 amide bonds. The molecule has 0 saturated carbocycles. The fraction of sp³-hybridized carbons (Fsp3) is 0.462. The van der Waals surface area contributed by atoms with Gasteiger partial charge in [-0.3, -0.25) is 9.69 Å². The highest BCUT2D eigenvalue weighted by atomic mass is 32.1. The second-order valence-corrected chi connectivity index (χ2v) is 5.67. The van der Waals surface area contributed by atoms with Crippen LogP contribution >= 0.6 is 11.3 Å². The molecule has 8 heteroatoms. The number of urea groups is 1. The molecule has 0 spiro atoms. The van der Waals surface area contributed by atoms with E-state index in [0.717, 1.165) is 21.8 Å². The number of carboxylic acid groups (broad SMARTS) is 1. The maximum absolute atomic E-state index is 12.1. The molecule has 0 aromatic carbocycles. The van der Waals surface area contributed by atoms with Gasteiger partial charge in [0.25, 0.3) is 0 Å². The standard InChI is InChI=1S/C13H17N3O4S/c1-2-8-3-4-21-10(8)6-15-13(20)16-7-11(17)14-5-9(16)12(18)19/h3-4,9H,2,5-7H2,1H3,(H,14,17)(H,15,20)(H,18,19). The van der Waals surface area contributed by atoms with Crippen LogP contribution in [0.4, 0.5) is 4.79 Å². The Bertz CT molecular complexity index is 557. The van der Waals surface area contributed by atoms with Crippen LogP contribution in [-0.2, 0) is 22.6 Å². The number of thiophene rings is 1. The maximum atomic E-state index is 12.1. The van der Waals surface area contributed by atoms with E-state index in [2.05, 4.69) is 10.6 Å². The molecule has 0 aliphatic carbocycles. The molecule has 0 bridgehead atoms. The molecular weight excluding hydrogens is 294 g/mol. The summed E-state index contributed by atoms with van der Waals surface area (Å²) in [5.41, 5.74) is 1.16. The minimum absolute atomic E-state index is 0.0687. The number of aliphatic carboxylic acids is 1. The first-order valence-corrected chi connectivity index (χ1v) is 7.50. The van der Waals surface area contributed by atoms with Crippen LogP contribution in [0.3, 0.4) is 0 Å². The van der Waals surface area contributed by atoms with Crippen LogP contribution in [0.2, 0.25) is 0 Å². The molecule has 0 radical (unpaired) electrons. The number of hydrogen-bond donors (Lipinski definition) is 3. The summed E-state index contributed by atoms with van der Waals surface area (Å²) in [6.07, 6.45) is 0.874. The Morgan fingerprint density at radius 3 is 3.00 bits per heavy atom. The molecule has 1 aliphatic rings. The van der Waals surface area contributed by atoms with Gasteiger partial charge in [0.05, 0.1) is 6.54 Å². The van der Waals surface area contributed by atoms with E-state index in [1.54, 1.807) is 11.3 Å².